The maximum absolute atomic E-state index is 6.22. The first-order valence-corrected chi connectivity index (χ1v) is 7.73. The number of rotatable bonds is 3. The first-order valence-electron chi connectivity index (χ1n) is 7.73. The van der Waals surface area contributed by atoms with Gasteiger partial charge in [0, 0.05) is 42.8 Å². The summed E-state index contributed by atoms with van der Waals surface area (Å²) in [4.78, 5) is 2.51. The van der Waals surface area contributed by atoms with Gasteiger partial charge in [-0.25, -0.2) is 0 Å². The molecular weight excluding hydrogens is 246 g/mol. The Morgan fingerprint density at radius 1 is 1.30 bits per heavy atom. The molecule has 2 N–H and O–H groups in total. The van der Waals surface area contributed by atoms with Gasteiger partial charge in [-0.1, -0.05) is 25.1 Å². The third-order valence-corrected chi connectivity index (χ3v) is 4.71. The van der Waals surface area contributed by atoms with Gasteiger partial charge in [0.25, 0.3) is 0 Å². The molecule has 2 atom stereocenters. The molecule has 108 valence electrons. The molecule has 1 aromatic heterocycles. The summed E-state index contributed by atoms with van der Waals surface area (Å²) >= 11 is 0. The average molecular weight is 271 g/mol. The first kappa shape index (κ1) is 13.7. The summed E-state index contributed by atoms with van der Waals surface area (Å²) in [5.41, 5.74) is 9.00. The van der Waals surface area contributed by atoms with Gasteiger partial charge < -0.3 is 10.3 Å². The Labute approximate surface area is 121 Å². The highest BCUT2D eigenvalue weighted by molar-refractivity contribution is 5.83. The van der Waals surface area contributed by atoms with E-state index < -0.39 is 0 Å². The maximum atomic E-state index is 6.22. The molecule has 0 spiro atoms. The summed E-state index contributed by atoms with van der Waals surface area (Å²) < 4.78 is 2.34. The number of aromatic nitrogens is 1. The Kier molecular flexibility index (Phi) is 3.81. The van der Waals surface area contributed by atoms with Gasteiger partial charge in [0.15, 0.2) is 0 Å². The molecule has 1 aliphatic rings. The molecule has 3 heteroatoms. The second kappa shape index (κ2) is 5.58. The van der Waals surface area contributed by atoms with Crippen LogP contribution in [0.15, 0.2) is 30.5 Å². The Morgan fingerprint density at radius 2 is 2.10 bits per heavy atom. The van der Waals surface area contributed by atoms with Crippen LogP contribution < -0.4 is 5.73 Å². The van der Waals surface area contributed by atoms with Crippen LogP contribution in [0.2, 0.25) is 0 Å². The second-order valence-corrected chi connectivity index (χ2v) is 6.12. The van der Waals surface area contributed by atoms with Crippen molar-refractivity contribution in [2.24, 2.45) is 11.7 Å². The predicted octanol–water partition coefficient (Wildman–Crippen LogP) is 2.83. The molecule has 1 saturated heterocycles. The summed E-state index contributed by atoms with van der Waals surface area (Å²) in [6.45, 7) is 8.71. The molecule has 20 heavy (non-hydrogen) atoms. The van der Waals surface area contributed by atoms with E-state index in [0.29, 0.717) is 12.0 Å². The van der Waals surface area contributed by atoms with Crippen molar-refractivity contribution in [2.45, 2.75) is 39.4 Å². The SMILES string of the molecule is CCn1cc(CN2CCC(C)C(N)C2)c2ccccc21. The van der Waals surface area contributed by atoms with Crippen LogP contribution >= 0.6 is 0 Å². The van der Waals surface area contributed by atoms with Crippen molar-refractivity contribution >= 4 is 10.9 Å². The number of piperidine rings is 1. The number of hydrogen-bond donors (Lipinski definition) is 1. The molecule has 1 aliphatic heterocycles. The summed E-state index contributed by atoms with van der Waals surface area (Å²) in [6, 6.07) is 9.03. The molecule has 3 rings (SSSR count). The first-order chi connectivity index (χ1) is 9.69. The molecule has 0 radical (unpaired) electrons. The zero-order chi connectivity index (χ0) is 14.1. The topological polar surface area (TPSA) is 34.2 Å². The molecular formula is C17H25N3. The van der Waals surface area contributed by atoms with Crippen molar-refractivity contribution in [3.8, 4) is 0 Å². The number of nitrogens with zero attached hydrogens (tertiary/aromatic N) is 2. The number of para-hydroxylation sites is 1. The van der Waals surface area contributed by atoms with Gasteiger partial charge >= 0.3 is 0 Å². The minimum atomic E-state index is 0.322. The van der Waals surface area contributed by atoms with E-state index >= 15 is 0 Å². The standard InChI is InChI=1S/C17H25N3/c1-3-20-11-14(15-6-4-5-7-17(15)20)10-19-9-8-13(2)16(18)12-19/h4-7,11,13,16H,3,8-10,12,18H2,1-2H3. The van der Waals surface area contributed by atoms with E-state index in [4.69, 9.17) is 5.73 Å². The molecule has 1 fully saturated rings. The lowest BCUT2D eigenvalue weighted by Crippen LogP contribution is -2.47. The molecule has 0 aliphatic carbocycles. The third kappa shape index (κ3) is 2.48. The molecule has 0 saturated carbocycles. The normalized spacial score (nSPS) is 24.4. The number of nitrogens with two attached hydrogens (primary N) is 1. The average Bonchev–Trinajstić information content (AvgIpc) is 2.81. The van der Waals surface area contributed by atoms with Gasteiger partial charge in [0.05, 0.1) is 0 Å². The van der Waals surface area contributed by atoms with Crippen LogP contribution in [0.3, 0.4) is 0 Å². The van der Waals surface area contributed by atoms with E-state index in [9.17, 15) is 0 Å². The van der Waals surface area contributed by atoms with E-state index in [1.54, 1.807) is 0 Å². The number of likely N-dealkylation sites (tertiary alicyclic amines) is 1. The van der Waals surface area contributed by atoms with Crippen molar-refractivity contribution < 1.29 is 0 Å². The molecule has 0 amide bonds. The lowest BCUT2D eigenvalue weighted by molar-refractivity contribution is 0.162. The Bertz CT molecular complexity index is 587. The van der Waals surface area contributed by atoms with E-state index in [2.05, 4.69) is 53.8 Å². The summed E-state index contributed by atoms with van der Waals surface area (Å²) in [7, 11) is 0. The summed E-state index contributed by atoms with van der Waals surface area (Å²) in [6.07, 6.45) is 3.53. The van der Waals surface area contributed by atoms with Gasteiger partial charge in [-0.15, -0.1) is 0 Å². The monoisotopic (exact) mass is 271 g/mol. The lowest BCUT2D eigenvalue weighted by Gasteiger charge is -2.34. The van der Waals surface area contributed by atoms with E-state index in [-0.39, 0.29) is 0 Å². The van der Waals surface area contributed by atoms with Crippen molar-refractivity contribution in [3.05, 3.63) is 36.0 Å². The Hall–Kier alpha value is -1.32. The van der Waals surface area contributed by atoms with Crippen LogP contribution in [0, 0.1) is 5.92 Å². The number of aryl methyl sites for hydroxylation is 1. The Balaban J connectivity index is 1.84. The van der Waals surface area contributed by atoms with Crippen LogP contribution in [-0.2, 0) is 13.1 Å². The zero-order valence-corrected chi connectivity index (χ0v) is 12.5. The van der Waals surface area contributed by atoms with Crippen LogP contribution in [0.4, 0.5) is 0 Å². The molecule has 2 heterocycles. The summed E-state index contributed by atoms with van der Waals surface area (Å²) in [5.74, 6) is 0.656. The fourth-order valence-corrected chi connectivity index (χ4v) is 3.26. The molecule has 2 aromatic rings. The zero-order valence-electron chi connectivity index (χ0n) is 12.5. The van der Waals surface area contributed by atoms with Gasteiger partial charge in [-0.2, -0.15) is 0 Å². The highest BCUT2D eigenvalue weighted by Gasteiger charge is 2.23. The molecule has 2 unspecified atom stereocenters. The fraction of sp³-hybridized carbons (Fsp3) is 0.529. The van der Waals surface area contributed by atoms with E-state index in [0.717, 1.165) is 19.6 Å². The van der Waals surface area contributed by atoms with E-state index in [1.807, 2.05) is 0 Å². The highest BCUT2D eigenvalue weighted by Crippen LogP contribution is 2.24. The summed E-state index contributed by atoms with van der Waals surface area (Å²) in [5, 5.41) is 1.39. The maximum Gasteiger partial charge on any atom is 0.0483 e. The van der Waals surface area contributed by atoms with Gasteiger partial charge in [-0.3, -0.25) is 4.90 Å². The number of benzene rings is 1. The Morgan fingerprint density at radius 3 is 2.85 bits per heavy atom. The van der Waals surface area contributed by atoms with Gasteiger partial charge in [-0.05, 0) is 37.4 Å². The largest absolute Gasteiger partial charge is 0.347 e. The number of hydrogen-bond acceptors (Lipinski definition) is 2. The third-order valence-electron chi connectivity index (χ3n) is 4.71. The van der Waals surface area contributed by atoms with Crippen molar-refractivity contribution in [1.29, 1.82) is 0 Å². The number of fused-ring (bicyclic) bond motifs is 1. The van der Waals surface area contributed by atoms with Crippen LogP contribution in [0.25, 0.3) is 10.9 Å². The smallest absolute Gasteiger partial charge is 0.0483 e. The van der Waals surface area contributed by atoms with Crippen molar-refractivity contribution in [3.63, 3.8) is 0 Å². The van der Waals surface area contributed by atoms with Gasteiger partial charge in [0.1, 0.15) is 0 Å². The minimum Gasteiger partial charge on any atom is -0.347 e. The van der Waals surface area contributed by atoms with E-state index in [1.165, 1.54) is 29.4 Å². The molecule has 0 bridgehead atoms. The second-order valence-electron chi connectivity index (χ2n) is 6.12. The van der Waals surface area contributed by atoms with Crippen LogP contribution in [0.5, 0.6) is 0 Å². The van der Waals surface area contributed by atoms with Crippen molar-refractivity contribution in [1.82, 2.24) is 9.47 Å². The van der Waals surface area contributed by atoms with Crippen LogP contribution in [-0.4, -0.2) is 28.6 Å². The van der Waals surface area contributed by atoms with Crippen LogP contribution in [0.1, 0.15) is 25.8 Å². The fourth-order valence-electron chi connectivity index (χ4n) is 3.26. The minimum absolute atomic E-state index is 0.322. The lowest BCUT2D eigenvalue weighted by atomic mass is 9.94. The molecule has 3 nitrogen and oxygen atoms in total. The molecule has 1 aromatic carbocycles. The highest BCUT2D eigenvalue weighted by atomic mass is 15.1. The van der Waals surface area contributed by atoms with Gasteiger partial charge in [0.2, 0.25) is 0 Å². The van der Waals surface area contributed by atoms with Crippen molar-refractivity contribution in [2.75, 3.05) is 13.1 Å². The predicted molar refractivity (Wildman–Crippen MR) is 84.6 cm³/mol. The quantitative estimate of drug-likeness (QED) is 0.931.